The number of ether oxygens (including phenoxy) is 2. The molecular formula is C31H48N6O5. The molecule has 0 aliphatic carbocycles. The molecule has 3 N–H and O–H groups in total. The number of carbonyl (C=O) groups excluding carboxylic acids is 3. The number of likely N-dealkylation sites (N-methyl/N-ethyl adjacent to an activating group) is 1. The third-order valence-corrected chi connectivity index (χ3v) is 7.38. The van der Waals surface area contributed by atoms with Gasteiger partial charge in [-0.1, -0.05) is 19.4 Å². The zero-order chi connectivity index (χ0) is 30.3. The van der Waals surface area contributed by atoms with Crippen molar-refractivity contribution in [3.05, 3.63) is 41.5 Å². The Labute approximate surface area is 249 Å². The second kappa shape index (κ2) is 17.4. The van der Waals surface area contributed by atoms with Gasteiger partial charge in [-0.15, -0.1) is 0 Å². The molecule has 2 bridgehead atoms. The summed E-state index contributed by atoms with van der Waals surface area (Å²) in [6.07, 6.45) is 8.57. The lowest BCUT2D eigenvalue weighted by Gasteiger charge is -2.24. The maximum atomic E-state index is 12.9. The monoisotopic (exact) mass is 584 g/mol. The highest BCUT2D eigenvalue weighted by Gasteiger charge is 2.20. The number of fused-ring (bicyclic) bond motifs is 2. The Bertz CT molecular complexity index is 1150. The van der Waals surface area contributed by atoms with E-state index in [0.29, 0.717) is 37.4 Å². The van der Waals surface area contributed by atoms with Crippen molar-refractivity contribution in [1.29, 1.82) is 0 Å². The first kappa shape index (κ1) is 32.9. The van der Waals surface area contributed by atoms with Crippen molar-refractivity contribution in [1.82, 2.24) is 30.4 Å². The molecule has 11 heteroatoms. The maximum absolute atomic E-state index is 12.9. The number of hydrogen-bond acceptors (Lipinski definition) is 7. The van der Waals surface area contributed by atoms with E-state index in [1.807, 2.05) is 12.3 Å². The van der Waals surface area contributed by atoms with Gasteiger partial charge in [0, 0.05) is 58.0 Å². The molecule has 11 nitrogen and oxygen atoms in total. The van der Waals surface area contributed by atoms with Crippen molar-refractivity contribution in [3.8, 4) is 11.5 Å². The van der Waals surface area contributed by atoms with Crippen molar-refractivity contribution >= 4 is 17.7 Å². The van der Waals surface area contributed by atoms with Gasteiger partial charge in [-0.2, -0.15) is 0 Å². The predicted molar refractivity (Wildman–Crippen MR) is 161 cm³/mol. The van der Waals surface area contributed by atoms with E-state index >= 15 is 0 Å². The minimum absolute atomic E-state index is 0.00261. The summed E-state index contributed by atoms with van der Waals surface area (Å²) in [5.41, 5.74) is 1.99. The number of aryl methyl sites for hydroxylation is 2. The predicted octanol–water partition coefficient (Wildman–Crippen LogP) is 2.84. The third kappa shape index (κ3) is 11.0. The van der Waals surface area contributed by atoms with E-state index < -0.39 is 11.9 Å². The SMILES string of the molecule is CCCCc1ncc(CN2CCCCN(C)C(=O)[C@H](C)NC(=O)COc3cc(ccc3OC)CCC(=O)NCCC2)[nH]1. The summed E-state index contributed by atoms with van der Waals surface area (Å²) in [6, 6.07) is 4.76. The molecule has 1 aromatic heterocycles. The molecular weight excluding hydrogens is 536 g/mol. The number of unbranched alkanes of at least 4 members (excludes halogenated alkanes) is 1. The summed E-state index contributed by atoms with van der Waals surface area (Å²) in [4.78, 5) is 50.0. The Hall–Kier alpha value is -3.60. The van der Waals surface area contributed by atoms with Gasteiger partial charge in [0.2, 0.25) is 11.8 Å². The fourth-order valence-corrected chi connectivity index (χ4v) is 4.95. The molecule has 0 radical (unpaired) electrons. The standard InChI is InChI=1S/C31H48N6O5/c1-5-6-10-28-33-20-25(35-28)21-37-17-8-7-16-36(3)31(40)23(2)34-30(39)22-42-27-19-24(11-13-26(27)41-4)12-14-29(38)32-15-9-18-37/h11,13,19-20,23H,5-10,12,14-18,21-22H2,1-4H3,(H,32,38)(H,33,35)(H,34,39)/t23-/m0/s1. The molecule has 0 saturated carbocycles. The van der Waals surface area contributed by atoms with E-state index in [4.69, 9.17) is 9.47 Å². The molecule has 2 aromatic rings. The van der Waals surface area contributed by atoms with Gasteiger partial charge in [0.25, 0.3) is 5.91 Å². The lowest BCUT2D eigenvalue weighted by molar-refractivity contribution is -0.135. The lowest BCUT2D eigenvalue weighted by atomic mass is 10.1. The van der Waals surface area contributed by atoms with Gasteiger partial charge in [-0.05, 0) is 63.3 Å². The number of imidazole rings is 1. The second-order valence-electron chi connectivity index (χ2n) is 11.0. The fraction of sp³-hybridized carbons (Fsp3) is 0.613. The number of hydrogen-bond donors (Lipinski definition) is 3. The topological polar surface area (TPSA) is 129 Å². The van der Waals surface area contributed by atoms with Gasteiger partial charge in [0.15, 0.2) is 18.1 Å². The van der Waals surface area contributed by atoms with Crippen LogP contribution in [0.2, 0.25) is 0 Å². The van der Waals surface area contributed by atoms with E-state index in [-0.39, 0.29) is 18.4 Å². The molecule has 0 spiro atoms. The number of aromatic nitrogens is 2. The minimum Gasteiger partial charge on any atom is -0.493 e. The zero-order valence-electron chi connectivity index (χ0n) is 25.7. The van der Waals surface area contributed by atoms with Crippen LogP contribution >= 0.6 is 0 Å². The summed E-state index contributed by atoms with van der Waals surface area (Å²) < 4.78 is 11.1. The Morgan fingerprint density at radius 3 is 2.64 bits per heavy atom. The molecule has 1 aliphatic heterocycles. The number of carbonyl (C=O) groups is 3. The van der Waals surface area contributed by atoms with Crippen LogP contribution in [0.25, 0.3) is 0 Å². The van der Waals surface area contributed by atoms with Gasteiger partial charge < -0.3 is 30.0 Å². The van der Waals surface area contributed by atoms with E-state index in [1.165, 1.54) is 7.11 Å². The van der Waals surface area contributed by atoms with Crippen molar-refractivity contribution in [2.45, 2.75) is 77.8 Å². The van der Waals surface area contributed by atoms with Gasteiger partial charge >= 0.3 is 0 Å². The van der Waals surface area contributed by atoms with Crippen LogP contribution in [0.3, 0.4) is 0 Å². The minimum atomic E-state index is -0.672. The molecule has 0 saturated heterocycles. The molecule has 1 aromatic carbocycles. The smallest absolute Gasteiger partial charge is 0.258 e. The summed E-state index contributed by atoms with van der Waals surface area (Å²) in [6.45, 7) is 7.25. The fourth-order valence-electron chi connectivity index (χ4n) is 4.95. The first-order chi connectivity index (χ1) is 20.3. The summed E-state index contributed by atoms with van der Waals surface area (Å²) in [5.74, 6) is 1.39. The zero-order valence-corrected chi connectivity index (χ0v) is 25.7. The largest absolute Gasteiger partial charge is 0.493 e. The summed E-state index contributed by atoms with van der Waals surface area (Å²) in [5, 5.41) is 5.78. The number of nitrogens with one attached hydrogen (secondary N) is 3. The van der Waals surface area contributed by atoms with Crippen molar-refractivity contribution in [3.63, 3.8) is 0 Å². The van der Waals surface area contributed by atoms with E-state index in [1.54, 1.807) is 31.0 Å². The van der Waals surface area contributed by atoms with E-state index in [2.05, 4.69) is 32.4 Å². The van der Waals surface area contributed by atoms with Crippen LogP contribution in [-0.2, 0) is 33.8 Å². The number of rotatable bonds is 6. The number of aromatic amines is 1. The Kier molecular flexibility index (Phi) is 13.6. The lowest BCUT2D eigenvalue weighted by Crippen LogP contribution is -2.47. The molecule has 0 fully saturated rings. The number of H-pyrrole nitrogens is 1. The van der Waals surface area contributed by atoms with Crippen LogP contribution in [0.15, 0.2) is 24.4 Å². The van der Waals surface area contributed by atoms with Crippen LogP contribution in [-0.4, -0.2) is 90.5 Å². The summed E-state index contributed by atoms with van der Waals surface area (Å²) in [7, 11) is 3.29. The average Bonchev–Trinajstić information content (AvgIpc) is 3.44. The average molecular weight is 585 g/mol. The van der Waals surface area contributed by atoms with Crippen LogP contribution in [0.4, 0.5) is 0 Å². The highest BCUT2D eigenvalue weighted by Crippen LogP contribution is 2.28. The second-order valence-corrected chi connectivity index (χ2v) is 11.0. The molecule has 3 amide bonds. The molecule has 3 rings (SSSR count). The van der Waals surface area contributed by atoms with Gasteiger partial charge in [0.1, 0.15) is 11.9 Å². The molecule has 2 heterocycles. The van der Waals surface area contributed by atoms with E-state index in [0.717, 1.165) is 75.2 Å². The first-order valence-electron chi connectivity index (χ1n) is 15.1. The molecule has 1 aliphatic rings. The molecule has 232 valence electrons. The van der Waals surface area contributed by atoms with Crippen LogP contribution in [0.1, 0.15) is 69.5 Å². The number of methoxy groups -OCH3 is 1. The Balaban J connectivity index is 1.66. The van der Waals surface area contributed by atoms with Crippen molar-refractivity contribution in [2.75, 3.05) is 46.9 Å². The highest BCUT2D eigenvalue weighted by molar-refractivity contribution is 5.87. The van der Waals surface area contributed by atoms with Gasteiger partial charge in [-0.3, -0.25) is 19.3 Å². The number of amides is 3. The van der Waals surface area contributed by atoms with Crippen LogP contribution in [0.5, 0.6) is 11.5 Å². The van der Waals surface area contributed by atoms with Crippen molar-refractivity contribution in [2.24, 2.45) is 0 Å². The third-order valence-electron chi connectivity index (χ3n) is 7.38. The molecule has 42 heavy (non-hydrogen) atoms. The van der Waals surface area contributed by atoms with Crippen LogP contribution in [0, 0.1) is 0 Å². The maximum Gasteiger partial charge on any atom is 0.258 e. The Morgan fingerprint density at radius 1 is 1.07 bits per heavy atom. The van der Waals surface area contributed by atoms with Gasteiger partial charge in [-0.25, -0.2) is 4.98 Å². The number of nitrogens with zero attached hydrogens (tertiary/aromatic N) is 3. The molecule has 0 unspecified atom stereocenters. The highest BCUT2D eigenvalue weighted by atomic mass is 16.5. The normalized spacial score (nSPS) is 19.2. The number of benzene rings is 1. The van der Waals surface area contributed by atoms with E-state index in [9.17, 15) is 14.4 Å². The van der Waals surface area contributed by atoms with Crippen molar-refractivity contribution < 1.29 is 23.9 Å². The first-order valence-corrected chi connectivity index (χ1v) is 15.1. The van der Waals surface area contributed by atoms with Gasteiger partial charge in [0.05, 0.1) is 7.11 Å². The summed E-state index contributed by atoms with van der Waals surface area (Å²) >= 11 is 0. The quantitative estimate of drug-likeness (QED) is 0.476. The Morgan fingerprint density at radius 2 is 1.86 bits per heavy atom. The molecule has 1 atom stereocenters. The van der Waals surface area contributed by atoms with Crippen LogP contribution < -0.4 is 20.1 Å².